The average molecular weight is 412 g/mol. The lowest BCUT2D eigenvalue weighted by Crippen LogP contribution is -2.19. The van der Waals surface area contributed by atoms with E-state index in [9.17, 15) is 14.4 Å². The van der Waals surface area contributed by atoms with Crippen LogP contribution in [0.5, 0.6) is 5.75 Å². The molecule has 1 aromatic carbocycles. The number of esters is 1. The Morgan fingerprint density at radius 2 is 1.90 bits per heavy atom. The van der Waals surface area contributed by atoms with Crippen molar-refractivity contribution >= 4 is 34.1 Å². The number of ketones is 1. The molecule has 29 heavy (non-hydrogen) atoms. The second kappa shape index (κ2) is 7.83. The highest BCUT2D eigenvalue weighted by molar-refractivity contribution is 7.12. The van der Waals surface area contributed by atoms with Gasteiger partial charge in [-0.15, -0.1) is 11.3 Å². The molecule has 0 saturated carbocycles. The summed E-state index contributed by atoms with van der Waals surface area (Å²) >= 11 is 1.53. The quantitative estimate of drug-likeness (QED) is 0.348. The maximum absolute atomic E-state index is 12.2. The monoisotopic (exact) mass is 412 g/mol. The number of benzene rings is 1. The normalized spacial score (nSPS) is 12.8. The van der Waals surface area contributed by atoms with Crippen LogP contribution in [0.4, 0.5) is 0 Å². The van der Waals surface area contributed by atoms with Crippen LogP contribution in [0, 0.1) is 13.8 Å². The van der Waals surface area contributed by atoms with Crippen LogP contribution in [0.3, 0.4) is 0 Å². The van der Waals surface area contributed by atoms with Crippen LogP contribution >= 0.6 is 11.3 Å². The highest BCUT2D eigenvalue weighted by Gasteiger charge is 2.20. The summed E-state index contributed by atoms with van der Waals surface area (Å²) < 4.78 is 15.9. The van der Waals surface area contributed by atoms with E-state index in [1.165, 1.54) is 11.3 Å². The molecule has 0 unspecified atom stereocenters. The zero-order valence-corrected chi connectivity index (χ0v) is 17.0. The molecule has 7 heteroatoms. The van der Waals surface area contributed by atoms with Crippen molar-refractivity contribution < 1.29 is 23.5 Å². The zero-order chi connectivity index (χ0) is 20.5. The Kier molecular flexibility index (Phi) is 5.24. The number of carbonyl (C=O) groups excluding carboxylic acids is 2. The Morgan fingerprint density at radius 3 is 2.66 bits per heavy atom. The number of hydrogen-bond donors (Lipinski definition) is 0. The summed E-state index contributed by atoms with van der Waals surface area (Å²) in [4.78, 5) is 38.1. The molecule has 4 rings (SSSR count). The van der Waals surface area contributed by atoms with Crippen LogP contribution in [-0.2, 0) is 22.4 Å². The molecule has 0 aliphatic heterocycles. The van der Waals surface area contributed by atoms with Gasteiger partial charge in [-0.3, -0.25) is 4.79 Å². The van der Waals surface area contributed by atoms with E-state index in [2.05, 4.69) is 0 Å². The Hall–Kier alpha value is -2.93. The summed E-state index contributed by atoms with van der Waals surface area (Å²) in [6.07, 6.45) is 2.56. The first-order chi connectivity index (χ1) is 13.9. The van der Waals surface area contributed by atoms with Crippen molar-refractivity contribution in [1.82, 2.24) is 0 Å². The lowest BCUT2D eigenvalue weighted by atomic mass is 10.1. The fourth-order valence-corrected chi connectivity index (χ4v) is 4.61. The number of hydrogen-bond acceptors (Lipinski definition) is 7. The van der Waals surface area contributed by atoms with E-state index in [1.807, 2.05) is 19.9 Å². The van der Waals surface area contributed by atoms with E-state index in [0.29, 0.717) is 16.9 Å². The predicted molar refractivity (Wildman–Crippen MR) is 109 cm³/mol. The van der Waals surface area contributed by atoms with E-state index in [-0.39, 0.29) is 24.6 Å². The Bertz CT molecular complexity index is 1170. The third kappa shape index (κ3) is 3.96. The largest absolute Gasteiger partial charge is 0.482 e. The molecule has 0 radical (unpaired) electrons. The second-order valence-corrected chi connectivity index (χ2v) is 8.52. The molecule has 0 spiro atoms. The van der Waals surface area contributed by atoms with E-state index in [0.717, 1.165) is 45.5 Å². The summed E-state index contributed by atoms with van der Waals surface area (Å²) in [6, 6.07) is 6.97. The van der Waals surface area contributed by atoms with Gasteiger partial charge in [0.25, 0.3) is 0 Å². The van der Waals surface area contributed by atoms with Crippen molar-refractivity contribution in [2.45, 2.75) is 33.1 Å². The second-order valence-electron chi connectivity index (χ2n) is 7.06. The van der Waals surface area contributed by atoms with Gasteiger partial charge in [-0.05, 0) is 56.9 Å². The number of ether oxygens (including phenoxy) is 2. The van der Waals surface area contributed by atoms with Crippen molar-refractivity contribution in [2.75, 3.05) is 13.2 Å². The fraction of sp³-hybridized carbons (Fsp3) is 0.318. The highest BCUT2D eigenvalue weighted by Crippen LogP contribution is 2.29. The number of aryl methyl sites for hydroxylation is 3. The molecule has 0 fully saturated rings. The average Bonchev–Trinajstić information content (AvgIpc) is 3.31. The number of thiophene rings is 1. The third-order valence-corrected chi connectivity index (χ3v) is 5.97. The van der Waals surface area contributed by atoms with Gasteiger partial charge in [0, 0.05) is 32.3 Å². The molecule has 0 bridgehead atoms. The van der Waals surface area contributed by atoms with Crippen LogP contribution in [0.15, 0.2) is 33.5 Å². The predicted octanol–water partition coefficient (Wildman–Crippen LogP) is 3.76. The molecule has 2 heterocycles. The summed E-state index contributed by atoms with van der Waals surface area (Å²) in [7, 11) is 0. The van der Waals surface area contributed by atoms with Crippen LogP contribution in [0.2, 0.25) is 0 Å². The Balaban J connectivity index is 1.37. The summed E-state index contributed by atoms with van der Waals surface area (Å²) in [5.41, 5.74) is 2.52. The van der Waals surface area contributed by atoms with Crippen molar-refractivity contribution in [2.24, 2.45) is 0 Å². The molecule has 1 aliphatic rings. The number of fused-ring (bicyclic) bond motifs is 3. The van der Waals surface area contributed by atoms with E-state index in [1.54, 1.807) is 18.2 Å². The van der Waals surface area contributed by atoms with E-state index in [4.69, 9.17) is 13.9 Å². The molecule has 1 aliphatic carbocycles. The number of Topliss-reactive ketones (excluding diaryl/α,β-unsaturated/α-hetero) is 1. The van der Waals surface area contributed by atoms with Crippen LogP contribution in [0.25, 0.3) is 11.0 Å². The third-order valence-electron chi connectivity index (χ3n) is 5.01. The molecule has 2 aromatic heterocycles. The maximum Gasteiger partial charge on any atom is 0.344 e. The molecule has 0 saturated heterocycles. The van der Waals surface area contributed by atoms with Crippen molar-refractivity contribution in [1.29, 1.82) is 0 Å². The van der Waals surface area contributed by atoms with Gasteiger partial charge in [-0.25, -0.2) is 9.59 Å². The van der Waals surface area contributed by atoms with Gasteiger partial charge in [0.2, 0.25) is 5.78 Å². The summed E-state index contributed by atoms with van der Waals surface area (Å²) in [5.74, 6) is -0.480. The molecule has 0 atom stereocenters. The van der Waals surface area contributed by atoms with Crippen LogP contribution < -0.4 is 10.4 Å². The van der Waals surface area contributed by atoms with Crippen LogP contribution in [0.1, 0.15) is 37.7 Å². The molecule has 150 valence electrons. The first kappa shape index (κ1) is 19.4. The Labute approximate surface area is 171 Å². The molecule has 6 nitrogen and oxygen atoms in total. The zero-order valence-electron chi connectivity index (χ0n) is 16.2. The van der Waals surface area contributed by atoms with Gasteiger partial charge in [-0.1, -0.05) is 0 Å². The molecular weight excluding hydrogens is 392 g/mol. The van der Waals surface area contributed by atoms with Gasteiger partial charge in [-0.2, -0.15) is 0 Å². The minimum Gasteiger partial charge on any atom is -0.482 e. The fourth-order valence-electron chi connectivity index (χ4n) is 3.67. The minimum absolute atomic E-state index is 0.235. The maximum atomic E-state index is 12.2. The lowest BCUT2D eigenvalue weighted by Gasteiger charge is -2.09. The van der Waals surface area contributed by atoms with Crippen LogP contribution in [-0.4, -0.2) is 25.0 Å². The lowest BCUT2D eigenvalue weighted by molar-refractivity contribution is -0.144. The first-order valence-corrected chi connectivity index (χ1v) is 10.2. The topological polar surface area (TPSA) is 82.8 Å². The van der Waals surface area contributed by atoms with Gasteiger partial charge in [0.05, 0.1) is 0 Å². The van der Waals surface area contributed by atoms with Gasteiger partial charge >= 0.3 is 11.6 Å². The highest BCUT2D eigenvalue weighted by atomic mass is 32.1. The van der Waals surface area contributed by atoms with Crippen molar-refractivity contribution in [3.8, 4) is 5.75 Å². The smallest absolute Gasteiger partial charge is 0.344 e. The first-order valence-electron chi connectivity index (χ1n) is 9.39. The van der Waals surface area contributed by atoms with Crippen molar-refractivity contribution in [3.63, 3.8) is 0 Å². The standard InChI is InChI=1S/C22H20O6S/c1-12-8-18(13(2)29-12)19(23)10-27-21(24)11-26-14-6-7-16-15-4-3-5-17(15)22(25)28-20(16)9-14/h6-9H,3-5,10-11H2,1-2H3. The molecular formula is C22H20O6S. The Morgan fingerprint density at radius 1 is 1.10 bits per heavy atom. The SMILES string of the molecule is Cc1cc(C(=O)COC(=O)COc2ccc3c4c(c(=O)oc3c2)CCC4)c(C)s1. The van der Waals surface area contributed by atoms with E-state index >= 15 is 0 Å². The van der Waals surface area contributed by atoms with Crippen molar-refractivity contribution in [3.05, 3.63) is 61.1 Å². The van der Waals surface area contributed by atoms with Gasteiger partial charge in [0.15, 0.2) is 13.2 Å². The summed E-state index contributed by atoms with van der Waals surface area (Å²) in [6.45, 7) is 3.13. The van der Waals surface area contributed by atoms with E-state index < -0.39 is 5.97 Å². The number of rotatable bonds is 6. The number of carbonyl (C=O) groups is 2. The molecule has 3 aromatic rings. The molecule has 0 N–H and O–H groups in total. The van der Waals surface area contributed by atoms with Gasteiger partial charge in [0.1, 0.15) is 11.3 Å². The summed E-state index contributed by atoms with van der Waals surface area (Å²) in [5, 5.41) is 0.902. The minimum atomic E-state index is -0.640. The van der Waals surface area contributed by atoms with Gasteiger partial charge < -0.3 is 13.9 Å². The molecule has 0 amide bonds.